The number of nitrogens with two attached hydrogens (primary N) is 1. The van der Waals surface area contributed by atoms with E-state index in [9.17, 15) is 0 Å². The second kappa shape index (κ2) is 6.08. The third-order valence-corrected chi connectivity index (χ3v) is 3.11. The van der Waals surface area contributed by atoms with Crippen LogP contribution in [0.25, 0.3) is 0 Å². The number of nitrogens with one attached hydrogen (secondary N) is 1. The van der Waals surface area contributed by atoms with E-state index in [0.29, 0.717) is 11.8 Å². The van der Waals surface area contributed by atoms with Gasteiger partial charge in [-0.2, -0.15) is 0 Å². The lowest BCUT2D eigenvalue weighted by Gasteiger charge is -2.31. The van der Waals surface area contributed by atoms with Crippen molar-refractivity contribution in [2.75, 3.05) is 40.3 Å². The molecule has 4 heteroatoms. The van der Waals surface area contributed by atoms with Gasteiger partial charge in [0.15, 0.2) is 0 Å². The molecule has 1 heterocycles. The smallest absolute Gasteiger partial charge is 0.0937 e. The first-order valence-electron chi connectivity index (χ1n) is 5.80. The zero-order valence-electron chi connectivity index (χ0n) is 10.00. The molecular formula is C11H24N4. The Bertz CT molecular complexity index is 195. The normalized spacial score (nSPS) is 19.7. The molecule has 1 saturated heterocycles. The Kier molecular flexibility index (Phi) is 5.05. The van der Waals surface area contributed by atoms with E-state index < -0.39 is 0 Å². The Morgan fingerprint density at radius 2 is 2.00 bits per heavy atom. The molecule has 0 bridgehead atoms. The molecule has 0 aromatic carbocycles. The summed E-state index contributed by atoms with van der Waals surface area (Å²) in [5.41, 5.74) is 5.51. The van der Waals surface area contributed by atoms with Gasteiger partial charge in [0.1, 0.15) is 0 Å². The monoisotopic (exact) mass is 212 g/mol. The number of amidine groups is 1. The molecule has 0 aromatic heterocycles. The minimum atomic E-state index is 0.343. The van der Waals surface area contributed by atoms with Crippen molar-refractivity contribution in [1.29, 1.82) is 5.41 Å². The first-order valence-corrected chi connectivity index (χ1v) is 5.80. The molecule has 0 aliphatic carbocycles. The van der Waals surface area contributed by atoms with E-state index >= 15 is 0 Å². The maximum absolute atomic E-state index is 7.40. The maximum Gasteiger partial charge on any atom is 0.0937 e. The van der Waals surface area contributed by atoms with E-state index in [1.165, 1.54) is 13.0 Å². The van der Waals surface area contributed by atoms with Gasteiger partial charge in [0.05, 0.1) is 5.84 Å². The summed E-state index contributed by atoms with van der Waals surface area (Å²) in [5, 5.41) is 7.40. The van der Waals surface area contributed by atoms with Gasteiger partial charge < -0.3 is 15.5 Å². The molecule has 0 atom stereocenters. The number of rotatable bonds is 5. The Morgan fingerprint density at radius 3 is 2.47 bits per heavy atom. The minimum absolute atomic E-state index is 0.343. The molecule has 0 radical (unpaired) electrons. The van der Waals surface area contributed by atoms with Crippen LogP contribution in [0.15, 0.2) is 0 Å². The fourth-order valence-electron chi connectivity index (χ4n) is 2.08. The highest BCUT2D eigenvalue weighted by Crippen LogP contribution is 2.16. The fourth-order valence-corrected chi connectivity index (χ4v) is 2.08. The van der Waals surface area contributed by atoms with Crippen molar-refractivity contribution in [1.82, 2.24) is 9.80 Å². The maximum atomic E-state index is 7.40. The van der Waals surface area contributed by atoms with Gasteiger partial charge in [0.25, 0.3) is 0 Å². The quantitative estimate of drug-likeness (QED) is 0.518. The summed E-state index contributed by atoms with van der Waals surface area (Å²) in [6, 6.07) is 0. The predicted molar refractivity (Wildman–Crippen MR) is 64.2 cm³/mol. The second-order valence-electron chi connectivity index (χ2n) is 4.73. The Hall–Kier alpha value is -0.610. The standard InChI is InChI=1S/C11H24N4/c1-14(2)6-3-7-15-8-4-10(5-9-15)11(12)13/h10H,3-9H2,1-2H3,(H3,12,13). The van der Waals surface area contributed by atoms with Crippen molar-refractivity contribution in [3.63, 3.8) is 0 Å². The van der Waals surface area contributed by atoms with Crippen LogP contribution in [-0.2, 0) is 0 Å². The Balaban J connectivity index is 2.12. The van der Waals surface area contributed by atoms with Crippen LogP contribution in [0.2, 0.25) is 0 Å². The largest absolute Gasteiger partial charge is 0.387 e. The van der Waals surface area contributed by atoms with Crippen molar-refractivity contribution in [3.05, 3.63) is 0 Å². The molecule has 0 spiro atoms. The molecule has 0 saturated carbocycles. The topological polar surface area (TPSA) is 56.4 Å². The van der Waals surface area contributed by atoms with Crippen molar-refractivity contribution >= 4 is 5.84 Å². The molecule has 3 N–H and O–H groups in total. The average Bonchev–Trinajstić information content (AvgIpc) is 2.18. The number of piperidine rings is 1. The van der Waals surface area contributed by atoms with Gasteiger partial charge in [-0.05, 0) is 59.5 Å². The van der Waals surface area contributed by atoms with Crippen LogP contribution in [0.3, 0.4) is 0 Å². The van der Waals surface area contributed by atoms with E-state index in [-0.39, 0.29) is 0 Å². The van der Waals surface area contributed by atoms with E-state index in [1.54, 1.807) is 0 Å². The zero-order chi connectivity index (χ0) is 11.3. The lowest BCUT2D eigenvalue weighted by atomic mass is 9.96. The van der Waals surface area contributed by atoms with Crippen molar-refractivity contribution < 1.29 is 0 Å². The number of nitrogens with zero attached hydrogens (tertiary/aromatic N) is 2. The van der Waals surface area contributed by atoms with Gasteiger partial charge in [-0.1, -0.05) is 0 Å². The van der Waals surface area contributed by atoms with Crippen molar-refractivity contribution in [3.8, 4) is 0 Å². The molecular weight excluding hydrogens is 188 g/mol. The van der Waals surface area contributed by atoms with Gasteiger partial charge in [0, 0.05) is 5.92 Å². The highest BCUT2D eigenvalue weighted by Gasteiger charge is 2.20. The SMILES string of the molecule is CN(C)CCCN1CCC(C(=N)N)CC1. The van der Waals surface area contributed by atoms with Crippen LogP contribution >= 0.6 is 0 Å². The molecule has 0 unspecified atom stereocenters. The summed E-state index contributed by atoms with van der Waals surface area (Å²) in [7, 11) is 4.23. The van der Waals surface area contributed by atoms with Crippen LogP contribution < -0.4 is 5.73 Å². The number of hydrogen-bond acceptors (Lipinski definition) is 3. The first-order chi connectivity index (χ1) is 7.09. The predicted octanol–water partition coefficient (Wildman–Crippen LogP) is 0.586. The van der Waals surface area contributed by atoms with Gasteiger partial charge in [-0.3, -0.25) is 5.41 Å². The molecule has 1 fully saturated rings. The van der Waals surface area contributed by atoms with E-state index in [4.69, 9.17) is 11.1 Å². The number of hydrogen-bond donors (Lipinski definition) is 2. The summed E-state index contributed by atoms with van der Waals surface area (Å²) in [6.45, 7) is 4.56. The van der Waals surface area contributed by atoms with Gasteiger partial charge >= 0.3 is 0 Å². The molecule has 0 aromatic rings. The summed E-state index contributed by atoms with van der Waals surface area (Å²) >= 11 is 0. The highest BCUT2D eigenvalue weighted by molar-refractivity contribution is 5.79. The van der Waals surface area contributed by atoms with Crippen LogP contribution in [0.4, 0.5) is 0 Å². The highest BCUT2D eigenvalue weighted by atomic mass is 15.1. The van der Waals surface area contributed by atoms with E-state index in [1.807, 2.05) is 0 Å². The Labute approximate surface area is 92.9 Å². The van der Waals surface area contributed by atoms with Gasteiger partial charge in [-0.15, -0.1) is 0 Å². The lowest BCUT2D eigenvalue weighted by molar-refractivity contribution is 0.199. The molecule has 15 heavy (non-hydrogen) atoms. The second-order valence-corrected chi connectivity index (χ2v) is 4.73. The fraction of sp³-hybridized carbons (Fsp3) is 0.909. The lowest BCUT2D eigenvalue weighted by Crippen LogP contribution is -2.39. The Morgan fingerprint density at radius 1 is 1.40 bits per heavy atom. The third-order valence-electron chi connectivity index (χ3n) is 3.11. The summed E-state index contributed by atoms with van der Waals surface area (Å²) < 4.78 is 0. The van der Waals surface area contributed by atoms with Crippen molar-refractivity contribution in [2.45, 2.75) is 19.3 Å². The molecule has 4 nitrogen and oxygen atoms in total. The van der Waals surface area contributed by atoms with Crippen LogP contribution in [0.5, 0.6) is 0 Å². The average molecular weight is 212 g/mol. The molecule has 0 amide bonds. The van der Waals surface area contributed by atoms with Crippen LogP contribution in [0.1, 0.15) is 19.3 Å². The third kappa shape index (κ3) is 4.62. The van der Waals surface area contributed by atoms with Gasteiger partial charge in [-0.25, -0.2) is 0 Å². The molecule has 88 valence electrons. The number of likely N-dealkylation sites (tertiary alicyclic amines) is 1. The molecule has 1 aliphatic rings. The van der Waals surface area contributed by atoms with Crippen molar-refractivity contribution in [2.24, 2.45) is 11.7 Å². The zero-order valence-corrected chi connectivity index (χ0v) is 10.00. The van der Waals surface area contributed by atoms with Crippen LogP contribution in [0, 0.1) is 11.3 Å². The van der Waals surface area contributed by atoms with Gasteiger partial charge in [0.2, 0.25) is 0 Å². The summed E-state index contributed by atoms with van der Waals surface area (Å²) in [5.74, 6) is 0.720. The first kappa shape index (κ1) is 12.5. The minimum Gasteiger partial charge on any atom is -0.387 e. The van der Waals surface area contributed by atoms with E-state index in [2.05, 4.69) is 23.9 Å². The summed E-state index contributed by atoms with van der Waals surface area (Å²) in [4.78, 5) is 4.71. The van der Waals surface area contributed by atoms with Crippen LogP contribution in [-0.4, -0.2) is 55.9 Å². The molecule has 1 rings (SSSR count). The summed E-state index contributed by atoms with van der Waals surface area (Å²) in [6.07, 6.45) is 3.37. The van der Waals surface area contributed by atoms with E-state index in [0.717, 1.165) is 32.5 Å². The molecule has 1 aliphatic heterocycles.